The van der Waals surface area contributed by atoms with E-state index in [2.05, 4.69) is 41.5 Å². The monoisotopic (exact) mass is 420 g/mol. The summed E-state index contributed by atoms with van der Waals surface area (Å²) >= 11 is 0. The molecule has 0 aliphatic rings. The molecule has 0 saturated heterocycles. The first-order chi connectivity index (χ1) is 13.7. The van der Waals surface area contributed by atoms with Gasteiger partial charge in [0.25, 0.3) is 0 Å². The van der Waals surface area contributed by atoms with Crippen LogP contribution in [0.2, 0.25) is 16.6 Å². The van der Waals surface area contributed by atoms with Gasteiger partial charge in [-0.2, -0.15) is 0 Å². The molecule has 0 spiro atoms. The van der Waals surface area contributed by atoms with E-state index in [1.807, 2.05) is 24.3 Å². The summed E-state index contributed by atoms with van der Waals surface area (Å²) in [5.74, 6) is -0.122. The fourth-order valence-electron chi connectivity index (χ4n) is 4.34. The summed E-state index contributed by atoms with van der Waals surface area (Å²) in [5, 5.41) is 8.64. The van der Waals surface area contributed by atoms with Crippen molar-refractivity contribution in [2.45, 2.75) is 83.8 Å². The zero-order valence-electron chi connectivity index (χ0n) is 19.1. The molecular weight excluding hydrogens is 380 g/mol. The van der Waals surface area contributed by atoms with Gasteiger partial charge in [0.15, 0.2) is 8.32 Å². The van der Waals surface area contributed by atoms with Crippen LogP contribution in [0, 0.1) is 0 Å². The van der Waals surface area contributed by atoms with Crippen molar-refractivity contribution in [2.75, 3.05) is 13.2 Å². The molecule has 1 aromatic rings. The Balaban J connectivity index is 2.25. The lowest BCUT2D eigenvalue weighted by Crippen LogP contribution is -2.47. The largest absolute Gasteiger partial charge is 0.494 e. The minimum Gasteiger partial charge on any atom is -0.494 e. The average molecular weight is 421 g/mol. The highest BCUT2D eigenvalue weighted by Crippen LogP contribution is 2.42. The van der Waals surface area contributed by atoms with Gasteiger partial charge in [-0.3, -0.25) is 0 Å². The van der Waals surface area contributed by atoms with Crippen LogP contribution >= 0.6 is 0 Å². The normalized spacial score (nSPS) is 12.4. The fraction of sp³-hybridized carbons (Fsp3) is 0.625. The standard InChI is InChI=1S/C24H40O4Si/c1-19(2)29(20(3)4,21(5)6)28-18-10-8-7-9-17-27-23-14-11-22(12-15-23)13-16-24(25)26/h11-16,19-21H,7-10,17-18H2,1-6H3,(H,25,26)/b16-13+. The number of aliphatic carboxylic acids is 1. The van der Waals surface area contributed by atoms with Crippen LogP contribution in [0.25, 0.3) is 6.08 Å². The summed E-state index contributed by atoms with van der Waals surface area (Å²) in [6.07, 6.45) is 7.16. The lowest BCUT2D eigenvalue weighted by Gasteiger charge is -2.42. The fourth-order valence-corrected chi connectivity index (χ4v) is 9.84. The first-order valence-electron chi connectivity index (χ1n) is 11.0. The molecule has 4 nitrogen and oxygen atoms in total. The van der Waals surface area contributed by atoms with E-state index in [0.717, 1.165) is 43.3 Å². The second-order valence-corrected chi connectivity index (χ2v) is 14.1. The first kappa shape index (κ1) is 25.4. The van der Waals surface area contributed by atoms with Gasteiger partial charge in [0.05, 0.1) is 6.61 Å². The minimum atomic E-state index is -1.73. The molecule has 0 saturated carbocycles. The number of ether oxygens (including phenoxy) is 1. The summed E-state index contributed by atoms with van der Waals surface area (Å²) in [6, 6.07) is 7.48. The van der Waals surface area contributed by atoms with Crippen molar-refractivity contribution >= 4 is 20.4 Å². The number of hydrogen-bond acceptors (Lipinski definition) is 3. The van der Waals surface area contributed by atoms with E-state index in [1.165, 1.54) is 6.42 Å². The molecule has 1 rings (SSSR count). The Hall–Kier alpha value is -1.59. The quantitative estimate of drug-likeness (QED) is 0.202. The van der Waals surface area contributed by atoms with Crippen LogP contribution in [0.15, 0.2) is 30.3 Å². The van der Waals surface area contributed by atoms with Crippen LogP contribution in [0.4, 0.5) is 0 Å². The van der Waals surface area contributed by atoms with Crippen molar-refractivity contribution in [3.63, 3.8) is 0 Å². The molecule has 0 fully saturated rings. The third-order valence-electron chi connectivity index (χ3n) is 5.67. The molecule has 0 radical (unpaired) electrons. The van der Waals surface area contributed by atoms with Crippen molar-refractivity contribution in [3.8, 4) is 5.75 Å². The van der Waals surface area contributed by atoms with Gasteiger partial charge in [-0.05, 0) is 59.7 Å². The number of hydrogen-bond donors (Lipinski definition) is 1. The Morgan fingerprint density at radius 1 is 0.897 bits per heavy atom. The van der Waals surface area contributed by atoms with Crippen molar-refractivity contribution < 1.29 is 19.1 Å². The van der Waals surface area contributed by atoms with E-state index < -0.39 is 14.3 Å². The molecule has 164 valence electrons. The van der Waals surface area contributed by atoms with E-state index in [0.29, 0.717) is 23.2 Å². The van der Waals surface area contributed by atoms with Crippen molar-refractivity contribution in [1.82, 2.24) is 0 Å². The lowest BCUT2D eigenvalue weighted by molar-refractivity contribution is -0.131. The van der Waals surface area contributed by atoms with Crippen LogP contribution in [0.5, 0.6) is 5.75 Å². The molecule has 1 aromatic carbocycles. The molecule has 1 N–H and O–H groups in total. The number of rotatable bonds is 14. The SMILES string of the molecule is CC(C)[Si](OCCCCCCOc1ccc(/C=C/C(=O)O)cc1)(C(C)C)C(C)C. The maximum Gasteiger partial charge on any atom is 0.328 e. The maximum absolute atomic E-state index is 10.5. The summed E-state index contributed by atoms with van der Waals surface area (Å²) in [5.41, 5.74) is 2.77. The third kappa shape index (κ3) is 8.35. The molecule has 5 heteroatoms. The zero-order valence-corrected chi connectivity index (χ0v) is 20.1. The van der Waals surface area contributed by atoms with Gasteiger partial charge in [-0.1, -0.05) is 60.1 Å². The van der Waals surface area contributed by atoms with Crippen molar-refractivity contribution in [2.24, 2.45) is 0 Å². The molecule has 0 bridgehead atoms. The Kier molecular flexibility index (Phi) is 11.3. The highest BCUT2D eigenvalue weighted by molar-refractivity contribution is 6.77. The Morgan fingerprint density at radius 3 is 1.90 bits per heavy atom. The van der Waals surface area contributed by atoms with Gasteiger partial charge in [0.2, 0.25) is 0 Å². The van der Waals surface area contributed by atoms with Gasteiger partial charge >= 0.3 is 5.97 Å². The first-order valence-corrected chi connectivity index (χ1v) is 13.1. The molecule has 0 unspecified atom stereocenters. The third-order valence-corrected chi connectivity index (χ3v) is 11.8. The number of carbonyl (C=O) groups is 1. The van der Waals surface area contributed by atoms with Gasteiger partial charge in [-0.25, -0.2) is 4.79 Å². The Labute approximate surface area is 178 Å². The predicted octanol–water partition coefficient (Wildman–Crippen LogP) is 6.92. The number of carboxylic acid groups (broad SMARTS) is 1. The van der Waals surface area contributed by atoms with E-state index >= 15 is 0 Å². The van der Waals surface area contributed by atoms with Crippen LogP contribution in [0.3, 0.4) is 0 Å². The van der Waals surface area contributed by atoms with E-state index in [1.54, 1.807) is 6.08 Å². The Bertz CT molecular complexity index is 598. The number of benzene rings is 1. The summed E-state index contributed by atoms with van der Waals surface area (Å²) < 4.78 is 12.4. The molecule has 0 aliphatic carbocycles. The predicted molar refractivity (Wildman–Crippen MR) is 124 cm³/mol. The van der Waals surface area contributed by atoms with Crippen LogP contribution in [0.1, 0.15) is 72.8 Å². The summed E-state index contributed by atoms with van der Waals surface area (Å²) in [6.45, 7) is 15.6. The van der Waals surface area contributed by atoms with Gasteiger partial charge < -0.3 is 14.3 Å². The average Bonchev–Trinajstić information content (AvgIpc) is 2.65. The van der Waals surface area contributed by atoms with E-state index in [4.69, 9.17) is 14.3 Å². The maximum atomic E-state index is 10.5. The highest BCUT2D eigenvalue weighted by atomic mass is 28.4. The summed E-state index contributed by atoms with van der Waals surface area (Å²) in [4.78, 5) is 10.5. The van der Waals surface area contributed by atoms with Crippen molar-refractivity contribution in [3.05, 3.63) is 35.9 Å². The Morgan fingerprint density at radius 2 is 1.41 bits per heavy atom. The van der Waals surface area contributed by atoms with Gasteiger partial charge in [-0.15, -0.1) is 0 Å². The number of unbranched alkanes of at least 4 members (excludes halogenated alkanes) is 3. The van der Waals surface area contributed by atoms with Gasteiger partial charge in [0.1, 0.15) is 5.75 Å². The molecule has 0 aromatic heterocycles. The van der Waals surface area contributed by atoms with Gasteiger partial charge in [0, 0.05) is 12.7 Å². The summed E-state index contributed by atoms with van der Waals surface area (Å²) in [7, 11) is -1.73. The van der Waals surface area contributed by atoms with E-state index in [-0.39, 0.29) is 0 Å². The lowest BCUT2D eigenvalue weighted by atomic mass is 10.2. The van der Waals surface area contributed by atoms with Crippen LogP contribution < -0.4 is 4.74 Å². The highest BCUT2D eigenvalue weighted by Gasteiger charge is 2.44. The van der Waals surface area contributed by atoms with E-state index in [9.17, 15) is 4.79 Å². The molecule has 0 aliphatic heterocycles. The molecule has 0 amide bonds. The molecule has 29 heavy (non-hydrogen) atoms. The molecular formula is C24H40O4Si. The van der Waals surface area contributed by atoms with Crippen molar-refractivity contribution in [1.29, 1.82) is 0 Å². The smallest absolute Gasteiger partial charge is 0.328 e. The molecule has 0 heterocycles. The second kappa shape index (κ2) is 12.9. The van der Waals surface area contributed by atoms with Crippen LogP contribution in [-0.2, 0) is 9.22 Å². The van der Waals surface area contributed by atoms with Crippen LogP contribution in [-0.4, -0.2) is 32.6 Å². The number of carboxylic acids is 1. The topological polar surface area (TPSA) is 55.8 Å². The molecule has 0 atom stereocenters. The second-order valence-electron chi connectivity index (χ2n) is 8.67. The minimum absolute atomic E-state index is 0.641. The zero-order chi connectivity index (χ0) is 21.9.